The summed E-state index contributed by atoms with van der Waals surface area (Å²) in [4.78, 5) is 104. The van der Waals surface area contributed by atoms with Crippen LogP contribution in [0.5, 0.6) is 17.2 Å². The van der Waals surface area contributed by atoms with Crippen LogP contribution in [-0.2, 0) is 61.6 Å². The fraction of sp³-hybridized carbons (Fsp3) is 0.609. The quantitative estimate of drug-likeness (QED) is 0.0449. The lowest BCUT2D eigenvalue weighted by Crippen LogP contribution is -2.50. The number of carbonyl (C=O) groups excluding carboxylic acids is 6. The zero-order valence-corrected chi connectivity index (χ0v) is 83.7. The van der Waals surface area contributed by atoms with Gasteiger partial charge in [-0.15, -0.1) is 0 Å². The molecule has 9 aliphatic heterocycles. The maximum Gasteiger partial charge on any atom is 0.416 e. The molecule has 12 aliphatic rings. The average molecular weight is 2020 g/mol. The number of piperidine rings is 3. The highest BCUT2D eigenvalue weighted by Crippen LogP contribution is 2.54. The highest BCUT2D eigenvalue weighted by Gasteiger charge is 2.61. The van der Waals surface area contributed by atoms with Crippen molar-refractivity contribution in [2.45, 2.75) is 239 Å². The molecule has 12 atom stereocenters. The van der Waals surface area contributed by atoms with E-state index >= 15 is 13.2 Å². The molecule has 3 aliphatic carbocycles. The van der Waals surface area contributed by atoms with E-state index < -0.39 is 99.6 Å². The smallest absolute Gasteiger partial charge is 0.416 e. The van der Waals surface area contributed by atoms with Gasteiger partial charge in [0, 0.05) is 195 Å². The largest absolute Gasteiger partial charge is 0.497 e. The van der Waals surface area contributed by atoms with Crippen molar-refractivity contribution in [3.05, 3.63) is 177 Å². The van der Waals surface area contributed by atoms with Crippen molar-refractivity contribution in [2.24, 2.45) is 35.5 Å². The SMILES string of the molecule is CC[C@H]1CN(C(=O)[C@]2(F)CN(C3CCCC3)C[C@H]2c2ccc(OC)cc2)C[C@@H]1c1ccc(C(F)(F)F)cc1N1CCC(C(=O)O)CC1.CC[C@H]1CN(C(=O)[C@]2(F)CN(C3CCCC3)C[C@H]2c2ccc(OC)cc2)C[C@@H]1c1ccc(C(F)(F)F)cc1N1CCC(C(=O)OC)CC1.CC[C@H]1CN(C(=O)[C@]2(F)CNC[C@H]2c2ccc(OC)cc2)C[C@@H]1c1ccc(C(F)(F)F)cc1N1CCC(C(=O)OC)CC1.O=C1CCCC1. The van der Waals surface area contributed by atoms with Crippen molar-refractivity contribution in [3.8, 4) is 17.2 Å². The van der Waals surface area contributed by atoms with Gasteiger partial charge in [0.2, 0.25) is 17.0 Å². The summed E-state index contributed by atoms with van der Waals surface area (Å²) in [5.74, 6) is -4.83. The molecule has 34 heteroatoms. The first-order valence-corrected chi connectivity index (χ1v) is 51.6. The number of likely N-dealkylation sites (tertiary alicyclic amines) is 5. The molecule has 6 aromatic rings. The predicted octanol–water partition coefficient (Wildman–Crippen LogP) is 19.8. The third-order valence-electron chi connectivity index (χ3n) is 33.5. The van der Waals surface area contributed by atoms with Crippen LogP contribution in [-0.4, -0.2) is 253 Å². The van der Waals surface area contributed by atoms with Crippen molar-refractivity contribution >= 4 is 58.5 Å². The summed E-state index contributed by atoms with van der Waals surface area (Å²) in [7, 11) is 7.38. The number of nitrogens with one attached hydrogen (secondary N) is 1. The molecule has 0 spiro atoms. The van der Waals surface area contributed by atoms with Crippen LogP contribution >= 0.6 is 0 Å². The Kier molecular flexibility index (Phi) is 34.4. The van der Waals surface area contributed by atoms with Crippen LogP contribution in [0.3, 0.4) is 0 Å². The maximum absolute atomic E-state index is 17.6. The number of aliphatic carboxylic acids is 1. The number of ketones is 1. The van der Waals surface area contributed by atoms with Crippen LogP contribution in [0.1, 0.15) is 241 Å². The number of halogens is 12. The number of carboxylic acids is 1. The molecule has 0 unspecified atom stereocenters. The maximum atomic E-state index is 17.6. The molecule has 22 nitrogen and oxygen atoms in total. The second kappa shape index (κ2) is 46.0. The van der Waals surface area contributed by atoms with E-state index in [0.717, 1.165) is 118 Å². The number of carbonyl (C=O) groups is 7. The van der Waals surface area contributed by atoms with E-state index in [0.29, 0.717) is 188 Å². The Morgan fingerprint density at radius 1 is 0.382 bits per heavy atom. The van der Waals surface area contributed by atoms with Gasteiger partial charge in [-0.3, -0.25) is 43.4 Å². The first kappa shape index (κ1) is 108. The molecule has 9 saturated heterocycles. The average Bonchev–Trinajstić information content (AvgIpc) is 1.59. The highest BCUT2D eigenvalue weighted by atomic mass is 19.4. The number of ether oxygens (including phenoxy) is 5. The zero-order valence-electron chi connectivity index (χ0n) is 83.7. The van der Waals surface area contributed by atoms with Crippen molar-refractivity contribution in [1.29, 1.82) is 0 Å². The number of hydrogen-bond acceptors (Lipinski definition) is 18. The Balaban J connectivity index is 0.000000158. The van der Waals surface area contributed by atoms with Crippen molar-refractivity contribution in [3.63, 3.8) is 0 Å². The standard InChI is InChI=1S/C37H47F4N3O4.C36H45F4N3O4.C32H39F4N3O4.C5H8O/c1-4-24-20-43(35(46)36(38)23-44(28-7-5-6-8-28)22-32(36)25-9-12-29(47-2)13-10-25)21-31(24)30-14-11-27(37(39,40)41)19-33(30)42-17-15-26(16-18-42)34(45)48-3;1-3-23-19-42(20-30(23)29-13-10-26(36(38,39)40)18-32(29)41-16-14-25(15-17-41)33(44)45)34(46)35(37)22-43(27-6-4-5-7-27)21-31(35)24-8-11-28(47-2)12-9-24;1-4-20-17-39(30(41)31(33)19-37-16-27(31)21-5-8-24(42-2)9-6-21)18-26(20)25-10-7-23(32(34,35)36)15-28(25)38-13-11-22(12-14-38)29(40)43-3;6-5-3-1-2-4-5/h9-14,19,24,26,28,31-32H,4-8,15-18,20-23H2,1-3H3;8-13,18,23,25,27,30-31H,3-7,14-17,19-22H2,1-2H3,(H,44,45);5-10,15,20,22,26-27,37H,4,11-14,16-19H2,1-3H3;1-4H2/t24-,31-,32-,36-;23-,30-,31-,35-;20-,26-,27-,31-;/m000./s1. The number of amides is 3. The van der Waals surface area contributed by atoms with Gasteiger partial charge in [-0.25, -0.2) is 13.2 Å². The van der Waals surface area contributed by atoms with E-state index in [1.165, 1.54) is 44.6 Å². The fourth-order valence-electron chi connectivity index (χ4n) is 25.1. The first-order chi connectivity index (χ1) is 68.8. The molecule has 786 valence electrons. The third kappa shape index (κ3) is 23.6. The summed E-state index contributed by atoms with van der Waals surface area (Å²) < 4.78 is 203. The first-order valence-electron chi connectivity index (χ1n) is 51.6. The Hall–Kier alpha value is -10.4. The summed E-state index contributed by atoms with van der Waals surface area (Å²) in [6, 6.07) is 33.6. The van der Waals surface area contributed by atoms with E-state index in [1.54, 1.807) is 90.6 Å². The van der Waals surface area contributed by atoms with Gasteiger partial charge in [-0.1, -0.05) is 120 Å². The van der Waals surface area contributed by atoms with Gasteiger partial charge in [0.1, 0.15) is 23.0 Å². The number of alkyl halides is 12. The Labute approximate surface area is 836 Å². The number of anilines is 3. The van der Waals surface area contributed by atoms with Crippen LogP contribution in [0.2, 0.25) is 0 Å². The van der Waals surface area contributed by atoms with Crippen LogP contribution in [0.25, 0.3) is 0 Å². The lowest BCUT2D eigenvalue weighted by atomic mass is 9.84. The number of benzene rings is 6. The molecule has 6 aromatic carbocycles. The normalized spacial score (nSPS) is 27.1. The second-order valence-electron chi connectivity index (χ2n) is 41.6. The van der Waals surface area contributed by atoms with E-state index in [-0.39, 0.29) is 111 Å². The molecule has 144 heavy (non-hydrogen) atoms. The molecule has 3 saturated carbocycles. The highest BCUT2D eigenvalue weighted by molar-refractivity contribution is 5.90. The number of rotatable bonds is 23. The molecular formula is C110H139F12N9O13. The third-order valence-corrected chi connectivity index (χ3v) is 33.5. The van der Waals surface area contributed by atoms with Crippen molar-refractivity contribution in [1.82, 2.24) is 29.8 Å². The van der Waals surface area contributed by atoms with E-state index in [4.69, 9.17) is 23.7 Å². The van der Waals surface area contributed by atoms with Gasteiger partial charge >= 0.3 is 36.4 Å². The fourth-order valence-corrected chi connectivity index (χ4v) is 25.1. The van der Waals surface area contributed by atoms with E-state index in [2.05, 4.69) is 15.1 Å². The van der Waals surface area contributed by atoms with Crippen molar-refractivity contribution in [2.75, 3.05) is 168 Å². The molecule has 0 aromatic heterocycles. The molecule has 12 fully saturated rings. The molecule has 0 radical (unpaired) electrons. The number of Topliss-reactive ketones (excluding diaryl/α,β-unsaturated/α-hetero) is 1. The van der Waals surface area contributed by atoms with E-state index in [9.17, 15) is 78.2 Å². The molecule has 2 N–H and O–H groups in total. The Morgan fingerprint density at radius 2 is 0.681 bits per heavy atom. The summed E-state index contributed by atoms with van der Waals surface area (Å²) >= 11 is 0. The molecular weight excluding hydrogens is 1880 g/mol. The van der Waals surface area contributed by atoms with Gasteiger partial charge in [-0.05, 0) is 201 Å². The van der Waals surface area contributed by atoms with Gasteiger partial charge in [0.05, 0.1) is 70.0 Å². The van der Waals surface area contributed by atoms with Crippen LogP contribution in [0.4, 0.5) is 69.7 Å². The summed E-state index contributed by atoms with van der Waals surface area (Å²) in [6.45, 7) is 11.1. The van der Waals surface area contributed by atoms with E-state index in [1.807, 2.05) is 59.7 Å². The molecule has 18 rings (SSSR count). The summed E-state index contributed by atoms with van der Waals surface area (Å²) in [6.07, 6.45) is 3.36. The molecule has 3 amide bonds. The van der Waals surface area contributed by atoms with Gasteiger partial charge in [0.15, 0.2) is 0 Å². The number of hydrogen-bond donors (Lipinski definition) is 2. The lowest BCUT2D eigenvalue weighted by Gasteiger charge is -2.35. The Morgan fingerprint density at radius 3 is 0.951 bits per heavy atom. The van der Waals surface area contributed by atoms with Crippen LogP contribution in [0, 0.1) is 35.5 Å². The number of methoxy groups -OCH3 is 5. The molecule has 9 heterocycles. The number of esters is 2. The Bertz CT molecular complexity index is 5400. The number of nitrogens with zero attached hydrogens (tertiary/aromatic N) is 8. The second-order valence-corrected chi connectivity index (χ2v) is 41.6. The summed E-state index contributed by atoms with van der Waals surface area (Å²) in [5, 5.41) is 12.5. The molecule has 0 bridgehead atoms. The predicted molar refractivity (Wildman–Crippen MR) is 523 cm³/mol. The topological polar surface area (TPSA) is 224 Å². The summed E-state index contributed by atoms with van der Waals surface area (Å²) in [5.41, 5.74) is -2.95. The van der Waals surface area contributed by atoms with Gasteiger partial charge in [0.25, 0.3) is 17.7 Å². The van der Waals surface area contributed by atoms with Gasteiger partial charge < -0.3 is 63.5 Å². The lowest BCUT2D eigenvalue weighted by molar-refractivity contribution is -0.146. The number of carboxylic acid groups (broad SMARTS) is 1. The minimum Gasteiger partial charge on any atom is -0.497 e. The van der Waals surface area contributed by atoms with Gasteiger partial charge in [-0.2, -0.15) is 39.5 Å². The van der Waals surface area contributed by atoms with Crippen LogP contribution in [0.15, 0.2) is 127 Å². The monoisotopic (exact) mass is 2020 g/mol. The minimum absolute atomic E-state index is 0.0230. The van der Waals surface area contributed by atoms with Crippen molar-refractivity contribution < 1.29 is 115 Å². The minimum atomic E-state index is -4.54. The van der Waals surface area contributed by atoms with Crippen LogP contribution < -0.4 is 34.2 Å². The zero-order chi connectivity index (χ0) is 103.